The Morgan fingerprint density at radius 1 is 1.38 bits per heavy atom. The van der Waals surface area contributed by atoms with Crippen LogP contribution in [0.25, 0.3) is 0 Å². The van der Waals surface area contributed by atoms with Crippen molar-refractivity contribution in [3.8, 4) is 5.88 Å². The molecule has 1 aromatic rings. The highest BCUT2D eigenvalue weighted by atomic mass is 16.5. The molecule has 1 aliphatic heterocycles. The molecule has 1 saturated heterocycles. The van der Waals surface area contributed by atoms with E-state index in [0.29, 0.717) is 18.2 Å². The van der Waals surface area contributed by atoms with Gasteiger partial charge in [0.15, 0.2) is 0 Å². The molecule has 0 amide bonds. The van der Waals surface area contributed by atoms with Gasteiger partial charge in [-0.25, -0.2) is 0 Å². The number of hydrogen-bond donors (Lipinski definition) is 2. The second-order valence-electron chi connectivity index (χ2n) is 5.51. The Morgan fingerprint density at radius 3 is 2.71 bits per heavy atom. The number of aliphatic hydroxyl groups excluding tert-OH is 1. The van der Waals surface area contributed by atoms with Gasteiger partial charge in [-0.3, -0.25) is 0 Å². The summed E-state index contributed by atoms with van der Waals surface area (Å²) in [7, 11) is 0. The third-order valence-electron chi connectivity index (χ3n) is 3.43. The molecule has 118 valence electrons. The zero-order chi connectivity index (χ0) is 15.2. The largest absolute Gasteiger partial charge is 0.473 e. The summed E-state index contributed by atoms with van der Waals surface area (Å²) in [4.78, 5) is 6.73. The van der Waals surface area contributed by atoms with E-state index in [9.17, 15) is 0 Å². The van der Waals surface area contributed by atoms with E-state index < -0.39 is 0 Å². The van der Waals surface area contributed by atoms with Crippen molar-refractivity contribution in [1.82, 2.24) is 4.98 Å². The van der Waals surface area contributed by atoms with Gasteiger partial charge < -0.3 is 25.2 Å². The van der Waals surface area contributed by atoms with Crippen molar-refractivity contribution in [3.63, 3.8) is 0 Å². The van der Waals surface area contributed by atoms with Gasteiger partial charge >= 0.3 is 0 Å². The van der Waals surface area contributed by atoms with Crippen molar-refractivity contribution in [2.45, 2.75) is 38.9 Å². The molecule has 6 heteroatoms. The quantitative estimate of drug-likeness (QED) is 0.826. The van der Waals surface area contributed by atoms with E-state index >= 15 is 0 Å². The number of rotatable bonds is 6. The molecular weight excluding hydrogens is 270 g/mol. The summed E-state index contributed by atoms with van der Waals surface area (Å²) in [5.41, 5.74) is 6.46. The zero-order valence-electron chi connectivity index (χ0n) is 12.8. The Labute approximate surface area is 125 Å². The zero-order valence-corrected chi connectivity index (χ0v) is 12.8. The van der Waals surface area contributed by atoms with E-state index in [0.717, 1.165) is 31.7 Å². The van der Waals surface area contributed by atoms with Gasteiger partial charge in [0.2, 0.25) is 5.88 Å². The van der Waals surface area contributed by atoms with Crippen LogP contribution in [-0.2, 0) is 4.74 Å². The first-order valence-electron chi connectivity index (χ1n) is 7.50. The van der Waals surface area contributed by atoms with Gasteiger partial charge in [0.25, 0.3) is 0 Å². The van der Waals surface area contributed by atoms with Gasteiger partial charge in [0.1, 0.15) is 5.82 Å². The number of nitrogens with two attached hydrogens (primary N) is 1. The van der Waals surface area contributed by atoms with Crippen molar-refractivity contribution in [1.29, 1.82) is 0 Å². The lowest BCUT2D eigenvalue weighted by Crippen LogP contribution is -2.37. The predicted octanol–water partition coefficient (Wildman–Crippen LogP) is 1.43. The SMILES string of the molecule is CC(C)Oc1nc(N2CCC(OCCO)CC2)ccc1N. The molecule has 0 atom stereocenters. The third-order valence-corrected chi connectivity index (χ3v) is 3.43. The highest BCUT2D eigenvalue weighted by Gasteiger charge is 2.21. The first-order valence-corrected chi connectivity index (χ1v) is 7.50. The third kappa shape index (κ3) is 4.47. The summed E-state index contributed by atoms with van der Waals surface area (Å²) in [5.74, 6) is 1.39. The maximum atomic E-state index is 8.78. The van der Waals surface area contributed by atoms with Crippen molar-refractivity contribution >= 4 is 11.5 Å². The summed E-state index contributed by atoms with van der Waals surface area (Å²) < 4.78 is 11.2. The summed E-state index contributed by atoms with van der Waals surface area (Å²) in [6.45, 7) is 6.17. The number of aromatic nitrogens is 1. The molecule has 2 heterocycles. The summed E-state index contributed by atoms with van der Waals surface area (Å²) in [6, 6.07) is 3.77. The maximum absolute atomic E-state index is 8.78. The van der Waals surface area contributed by atoms with E-state index in [1.807, 2.05) is 26.0 Å². The van der Waals surface area contributed by atoms with Crippen LogP contribution in [0.5, 0.6) is 5.88 Å². The molecule has 1 fully saturated rings. The molecule has 0 unspecified atom stereocenters. The average molecular weight is 295 g/mol. The van der Waals surface area contributed by atoms with Gasteiger partial charge in [-0.2, -0.15) is 4.98 Å². The Bertz CT molecular complexity index is 446. The molecule has 6 nitrogen and oxygen atoms in total. The minimum atomic E-state index is 0.0488. The molecular formula is C15H25N3O3. The molecule has 0 spiro atoms. The molecule has 0 aromatic carbocycles. The van der Waals surface area contributed by atoms with Crippen molar-refractivity contribution in [2.75, 3.05) is 36.9 Å². The van der Waals surface area contributed by atoms with Gasteiger partial charge in [-0.15, -0.1) is 0 Å². The maximum Gasteiger partial charge on any atom is 0.239 e. The number of piperidine rings is 1. The van der Waals surface area contributed by atoms with E-state index in [-0.39, 0.29) is 18.8 Å². The summed E-state index contributed by atoms with van der Waals surface area (Å²) in [6.07, 6.45) is 2.15. The van der Waals surface area contributed by atoms with Crippen molar-refractivity contribution in [3.05, 3.63) is 12.1 Å². The molecule has 0 saturated carbocycles. The van der Waals surface area contributed by atoms with Crippen LogP contribution in [0.4, 0.5) is 11.5 Å². The second-order valence-corrected chi connectivity index (χ2v) is 5.51. The lowest BCUT2D eigenvalue weighted by atomic mass is 10.1. The van der Waals surface area contributed by atoms with Crippen LogP contribution in [0.1, 0.15) is 26.7 Å². The standard InChI is InChI=1S/C15H25N3O3/c1-11(2)21-15-13(16)3-4-14(17-15)18-7-5-12(6-8-18)20-10-9-19/h3-4,11-12,19H,5-10,16H2,1-2H3. The normalized spacial score (nSPS) is 16.5. The van der Waals surface area contributed by atoms with Crippen LogP contribution in [0.2, 0.25) is 0 Å². The molecule has 0 radical (unpaired) electrons. The average Bonchev–Trinajstić information content (AvgIpc) is 2.47. The molecule has 21 heavy (non-hydrogen) atoms. The second kappa shape index (κ2) is 7.47. The van der Waals surface area contributed by atoms with Gasteiger partial charge in [0, 0.05) is 13.1 Å². The monoisotopic (exact) mass is 295 g/mol. The minimum Gasteiger partial charge on any atom is -0.473 e. The van der Waals surface area contributed by atoms with Crippen LogP contribution in [-0.4, -0.2) is 48.6 Å². The fraction of sp³-hybridized carbons (Fsp3) is 0.667. The summed E-state index contributed by atoms with van der Waals surface area (Å²) >= 11 is 0. The van der Waals surface area contributed by atoms with Gasteiger partial charge in [-0.1, -0.05) is 0 Å². The van der Waals surface area contributed by atoms with Gasteiger partial charge in [-0.05, 0) is 38.8 Å². The predicted molar refractivity (Wildman–Crippen MR) is 82.7 cm³/mol. The van der Waals surface area contributed by atoms with Crippen LogP contribution in [0.15, 0.2) is 12.1 Å². The molecule has 0 bridgehead atoms. The first-order chi connectivity index (χ1) is 10.1. The Balaban J connectivity index is 1.96. The van der Waals surface area contributed by atoms with Crippen LogP contribution in [0.3, 0.4) is 0 Å². The fourth-order valence-corrected chi connectivity index (χ4v) is 2.41. The number of nitrogen functional groups attached to an aromatic ring is 1. The smallest absolute Gasteiger partial charge is 0.239 e. The lowest BCUT2D eigenvalue weighted by Gasteiger charge is -2.32. The molecule has 3 N–H and O–H groups in total. The number of nitrogens with zero attached hydrogens (tertiary/aromatic N) is 2. The molecule has 2 rings (SSSR count). The number of ether oxygens (including phenoxy) is 2. The molecule has 1 aliphatic rings. The van der Waals surface area contributed by atoms with E-state index in [2.05, 4.69) is 9.88 Å². The Hall–Kier alpha value is -1.53. The summed E-state index contributed by atoms with van der Waals surface area (Å²) in [5, 5.41) is 8.78. The molecule has 0 aliphatic carbocycles. The number of pyridine rings is 1. The van der Waals surface area contributed by atoms with Crippen LogP contribution in [0, 0.1) is 0 Å². The highest BCUT2D eigenvalue weighted by molar-refractivity contribution is 5.54. The minimum absolute atomic E-state index is 0.0488. The Kier molecular flexibility index (Phi) is 5.64. The fourth-order valence-electron chi connectivity index (χ4n) is 2.41. The van der Waals surface area contributed by atoms with E-state index in [1.165, 1.54) is 0 Å². The molecule has 1 aromatic heterocycles. The number of anilines is 2. The van der Waals surface area contributed by atoms with Crippen LogP contribution >= 0.6 is 0 Å². The first kappa shape index (κ1) is 15.9. The Morgan fingerprint density at radius 2 is 2.10 bits per heavy atom. The number of aliphatic hydroxyl groups is 1. The van der Waals surface area contributed by atoms with Crippen molar-refractivity contribution in [2.24, 2.45) is 0 Å². The van der Waals surface area contributed by atoms with Gasteiger partial charge in [0.05, 0.1) is 31.1 Å². The number of hydrogen-bond acceptors (Lipinski definition) is 6. The van der Waals surface area contributed by atoms with Crippen LogP contribution < -0.4 is 15.4 Å². The van der Waals surface area contributed by atoms with E-state index in [4.69, 9.17) is 20.3 Å². The van der Waals surface area contributed by atoms with E-state index in [1.54, 1.807) is 0 Å². The topological polar surface area (TPSA) is 80.8 Å². The highest BCUT2D eigenvalue weighted by Crippen LogP contribution is 2.26. The van der Waals surface area contributed by atoms with Crippen molar-refractivity contribution < 1.29 is 14.6 Å². The lowest BCUT2D eigenvalue weighted by molar-refractivity contribution is 0.0158.